The zero-order valence-electron chi connectivity index (χ0n) is 12.3. The van der Waals surface area contributed by atoms with Crippen LogP contribution in [0.3, 0.4) is 0 Å². The number of hydrogen-bond donors (Lipinski definition) is 1. The molecule has 3 unspecified atom stereocenters. The minimum Gasteiger partial charge on any atom is -0.497 e. The molecule has 1 rings (SSSR count). The molecule has 1 aromatic carbocycles. The molecule has 0 radical (unpaired) electrons. The van der Waals surface area contributed by atoms with E-state index in [2.05, 4.69) is 6.92 Å². The molecule has 0 aromatic heterocycles. The van der Waals surface area contributed by atoms with Gasteiger partial charge in [-0.15, -0.1) is 0 Å². The first-order valence-corrected chi connectivity index (χ1v) is 6.66. The lowest BCUT2D eigenvalue weighted by Gasteiger charge is -2.27. The predicted octanol–water partition coefficient (Wildman–Crippen LogP) is 2.53. The Morgan fingerprint density at radius 2 is 1.79 bits per heavy atom. The lowest BCUT2D eigenvalue weighted by atomic mass is 10.0. The second-order valence-electron chi connectivity index (χ2n) is 4.67. The Labute approximate surface area is 115 Å². The van der Waals surface area contributed by atoms with E-state index in [1.165, 1.54) is 0 Å². The van der Waals surface area contributed by atoms with Gasteiger partial charge >= 0.3 is 0 Å². The van der Waals surface area contributed by atoms with Crippen molar-refractivity contribution in [1.29, 1.82) is 0 Å². The highest BCUT2D eigenvalue weighted by molar-refractivity contribution is 5.29. The van der Waals surface area contributed by atoms with Gasteiger partial charge in [0, 0.05) is 13.2 Å². The van der Waals surface area contributed by atoms with Gasteiger partial charge in [0.05, 0.1) is 25.9 Å². The first-order valence-electron chi connectivity index (χ1n) is 6.66. The SMILES string of the molecule is CCC(N)C(OC(C)COC)c1ccc(OC)cc1. The quantitative estimate of drug-likeness (QED) is 0.786. The highest BCUT2D eigenvalue weighted by Crippen LogP contribution is 2.25. The van der Waals surface area contributed by atoms with Gasteiger partial charge in [0.2, 0.25) is 0 Å². The maximum absolute atomic E-state index is 6.17. The van der Waals surface area contributed by atoms with Crippen LogP contribution in [0, 0.1) is 0 Å². The highest BCUT2D eigenvalue weighted by atomic mass is 16.5. The number of methoxy groups -OCH3 is 2. The normalized spacial score (nSPS) is 15.8. The van der Waals surface area contributed by atoms with Gasteiger partial charge in [-0.25, -0.2) is 0 Å². The maximum atomic E-state index is 6.17. The molecule has 0 heterocycles. The Balaban J connectivity index is 2.82. The van der Waals surface area contributed by atoms with E-state index in [1.54, 1.807) is 14.2 Å². The number of rotatable bonds is 8. The van der Waals surface area contributed by atoms with Crippen LogP contribution in [0.4, 0.5) is 0 Å². The molecular formula is C15H25NO3. The van der Waals surface area contributed by atoms with Crippen LogP contribution < -0.4 is 10.5 Å². The van der Waals surface area contributed by atoms with Crippen molar-refractivity contribution in [1.82, 2.24) is 0 Å². The summed E-state index contributed by atoms with van der Waals surface area (Å²) < 4.78 is 16.3. The van der Waals surface area contributed by atoms with Crippen molar-refractivity contribution in [3.63, 3.8) is 0 Å². The van der Waals surface area contributed by atoms with E-state index in [0.717, 1.165) is 17.7 Å². The molecule has 4 nitrogen and oxygen atoms in total. The molecule has 0 bridgehead atoms. The summed E-state index contributed by atoms with van der Waals surface area (Å²) in [4.78, 5) is 0. The lowest BCUT2D eigenvalue weighted by molar-refractivity contribution is -0.0507. The zero-order valence-corrected chi connectivity index (χ0v) is 12.3. The Morgan fingerprint density at radius 1 is 1.16 bits per heavy atom. The van der Waals surface area contributed by atoms with E-state index < -0.39 is 0 Å². The Morgan fingerprint density at radius 3 is 2.26 bits per heavy atom. The summed E-state index contributed by atoms with van der Waals surface area (Å²) in [6.07, 6.45) is 0.742. The summed E-state index contributed by atoms with van der Waals surface area (Å²) in [5.74, 6) is 0.831. The van der Waals surface area contributed by atoms with Crippen LogP contribution in [0.5, 0.6) is 5.75 Å². The van der Waals surface area contributed by atoms with Crippen molar-refractivity contribution in [2.24, 2.45) is 5.73 Å². The first kappa shape index (κ1) is 16.0. The summed E-state index contributed by atoms with van der Waals surface area (Å²) in [5.41, 5.74) is 7.23. The summed E-state index contributed by atoms with van der Waals surface area (Å²) in [5, 5.41) is 0. The third-order valence-corrected chi connectivity index (χ3v) is 3.08. The number of hydrogen-bond acceptors (Lipinski definition) is 4. The topological polar surface area (TPSA) is 53.7 Å². The molecule has 4 heteroatoms. The van der Waals surface area contributed by atoms with Crippen molar-refractivity contribution in [2.45, 2.75) is 38.5 Å². The minimum atomic E-state index is -0.124. The van der Waals surface area contributed by atoms with Crippen molar-refractivity contribution in [3.8, 4) is 5.75 Å². The first-order chi connectivity index (χ1) is 9.12. The van der Waals surface area contributed by atoms with Crippen LogP contribution in [-0.4, -0.2) is 33.0 Å². The molecule has 0 amide bonds. The van der Waals surface area contributed by atoms with E-state index >= 15 is 0 Å². The molecule has 0 saturated carbocycles. The molecule has 0 spiro atoms. The van der Waals surface area contributed by atoms with Gasteiger partial charge in [-0.3, -0.25) is 0 Å². The van der Waals surface area contributed by atoms with Crippen LogP contribution in [0.25, 0.3) is 0 Å². The van der Waals surface area contributed by atoms with Gasteiger partial charge in [0.15, 0.2) is 0 Å². The maximum Gasteiger partial charge on any atom is 0.118 e. The zero-order chi connectivity index (χ0) is 14.3. The molecular weight excluding hydrogens is 242 g/mol. The summed E-state index contributed by atoms with van der Waals surface area (Å²) in [6.45, 7) is 4.61. The monoisotopic (exact) mass is 267 g/mol. The van der Waals surface area contributed by atoms with Crippen LogP contribution in [0.1, 0.15) is 31.9 Å². The molecule has 19 heavy (non-hydrogen) atoms. The van der Waals surface area contributed by atoms with Gasteiger partial charge < -0.3 is 19.9 Å². The van der Waals surface area contributed by atoms with Crippen LogP contribution in [0.15, 0.2) is 24.3 Å². The smallest absolute Gasteiger partial charge is 0.118 e. The predicted molar refractivity (Wildman–Crippen MR) is 76.4 cm³/mol. The molecule has 0 aliphatic rings. The lowest BCUT2D eigenvalue weighted by Crippen LogP contribution is -2.32. The average Bonchev–Trinajstić information content (AvgIpc) is 2.44. The molecule has 108 valence electrons. The van der Waals surface area contributed by atoms with Gasteiger partial charge in [0.25, 0.3) is 0 Å². The fourth-order valence-corrected chi connectivity index (χ4v) is 1.96. The number of nitrogens with two attached hydrogens (primary N) is 1. The standard InChI is InChI=1S/C15H25NO3/c1-5-14(16)15(19-11(2)10-17-3)12-6-8-13(18-4)9-7-12/h6-9,11,14-15H,5,10,16H2,1-4H3. The van der Waals surface area contributed by atoms with E-state index in [9.17, 15) is 0 Å². The van der Waals surface area contributed by atoms with Crippen molar-refractivity contribution in [2.75, 3.05) is 20.8 Å². The largest absolute Gasteiger partial charge is 0.497 e. The number of ether oxygens (including phenoxy) is 3. The fourth-order valence-electron chi connectivity index (χ4n) is 1.96. The van der Waals surface area contributed by atoms with Crippen LogP contribution in [0.2, 0.25) is 0 Å². The average molecular weight is 267 g/mol. The van der Waals surface area contributed by atoms with E-state index in [1.807, 2.05) is 31.2 Å². The minimum absolute atomic E-state index is 0.00898. The third kappa shape index (κ3) is 4.82. The Hall–Kier alpha value is -1.10. The molecule has 0 aliphatic heterocycles. The van der Waals surface area contributed by atoms with Gasteiger partial charge in [-0.2, -0.15) is 0 Å². The number of benzene rings is 1. The Kier molecular flexibility index (Phi) is 6.84. The molecule has 0 fully saturated rings. The van der Waals surface area contributed by atoms with Crippen molar-refractivity contribution in [3.05, 3.63) is 29.8 Å². The van der Waals surface area contributed by atoms with Gasteiger partial charge in [-0.05, 0) is 31.0 Å². The van der Waals surface area contributed by atoms with E-state index in [4.69, 9.17) is 19.9 Å². The van der Waals surface area contributed by atoms with Gasteiger partial charge in [-0.1, -0.05) is 19.1 Å². The molecule has 2 N–H and O–H groups in total. The summed E-state index contributed by atoms with van der Waals surface area (Å²) in [7, 11) is 3.32. The van der Waals surface area contributed by atoms with Crippen molar-refractivity contribution >= 4 is 0 Å². The van der Waals surface area contributed by atoms with E-state index in [0.29, 0.717) is 6.61 Å². The Bertz CT molecular complexity index is 353. The third-order valence-electron chi connectivity index (χ3n) is 3.08. The molecule has 1 aromatic rings. The molecule has 3 atom stereocenters. The fraction of sp³-hybridized carbons (Fsp3) is 0.600. The summed E-state index contributed by atoms with van der Waals surface area (Å²) >= 11 is 0. The van der Waals surface area contributed by atoms with E-state index in [-0.39, 0.29) is 18.2 Å². The summed E-state index contributed by atoms with van der Waals surface area (Å²) in [6, 6.07) is 7.81. The molecule has 0 saturated heterocycles. The highest BCUT2D eigenvalue weighted by Gasteiger charge is 2.21. The van der Waals surface area contributed by atoms with Crippen molar-refractivity contribution < 1.29 is 14.2 Å². The molecule has 0 aliphatic carbocycles. The second-order valence-corrected chi connectivity index (χ2v) is 4.67. The van der Waals surface area contributed by atoms with Crippen LogP contribution in [-0.2, 0) is 9.47 Å². The van der Waals surface area contributed by atoms with Gasteiger partial charge in [0.1, 0.15) is 5.75 Å². The second kappa shape index (κ2) is 8.15. The van der Waals surface area contributed by atoms with Crippen LogP contribution >= 0.6 is 0 Å².